The van der Waals surface area contributed by atoms with Gasteiger partial charge in [0.2, 0.25) is 0 Å². The number of benzene rings is 1. The molecule has 0 saturated carbocycles. The van der Waals surface area contributed by atoms with Gasteiger partial charge in [0, 0.05) is 12.6 Å². The van der Waals surface area contributed by atoms with Gasteiger partial charge >= 0.3 is 0 Å². The second kappa shape index (κ2) is 3.14. The van der Waals surface area contributed by atoms with Crippen molar-refractivity contribution < 1.29 is 9.18 Å². The fraction of sp³-hybridized carbons (Fsp3) is 0.125. The number of halogens is 1. The molecular formula is C8H8FNO. The van der Waals surface area contributed by atoms with Crippen LogP contribution in [0.5, 0.6) is 0 Å². The summed E-state index contributed by atoms with van der Waals surface area (Å²) in [5, 5.41) is 2.40. The Hall–Kier alpha value is -1.38. The Kier molecular flexibility index (Phi) is 2.21. The zero-order valence-electron chi connectivity index (χ0n) is 6.10. The maximum absolute atomic E-state index is 12.5. The predicted octanol–water partition coefficient (Wildman–Crippen LogP) is 1.19. The van der Waals surface area contributed by atoms with Crippen molar-refractivity contribution in [2.24, 2.45) is 0 Å². The molecule has 3 heteroatoms. The summed E-state index contributed by atoms with van der Waals surface area (Å²) < 4.78 is 12.5. The Morgan fingerprint density at radius 3 is 2.82 bits per heavy atom. The molecule has 1 aromatic rings. The molecule has 1 N–H and O–H groups in total. The molecule has 58 valence electrons. The summed E-state index contributed by atoms with van der Waals surface area (Å²) in [7, 11) is 1.51. The summed E-state index contributed by atoms with van der Waals surface area (Å²) >= 11 is 0. The van der Waals surface area contributed by atoms with Gasteiger partial charge in [-0.1, -0.05) is 6.07 Å². The number of amides is 1. The van der Waals surface area contributed by atoms with E-state index >= 15 is 0 Å². The molecule has 0 bridgehead atoms. The Labute approximate surface area is 64.0 Å². The van der Waals surface area contributed by atoms with Gasteiger partial charge in [-0.2, -0.15) is 0 Å². The lowest BCUT2D eigenvalue weighted by Crippen LogP contribution is -2.17. The lowest BCUT2D eigenvalue weighted by Gasteiger charge is -1.97. The first-order chi connectivity index (χ1) is 5.24. The molecule has 0 fully saturated rings. The highest BCUT2D eigenvalue weighted by atomic mass is 19.1. The van der Waals surface area contributed by atoms with Crippen molar-refractivity contribution in [2.75, 3.05) is 7.05 Å². The number of rotatable bonds is 1. The quantitative estimate of drug-likeness (QED) is 0.645. The number of hydrogen-bond donors (Lipinski definition) is 1. The highest BCUT2D eigenvalue weighted by Gasteiger charge is 2.01. The summed E-state index contributed by atoms with van der Waals surface area (Å²) in [6.07, 6.45) is 0. The summed E-state index contributed by atoms with van der Waals surface area (Å²) in [6, 6.07) is 5.55. The van der Waals surface area contributed by atoms with Crippen molar-refractivity contribution >= 4 is 5.91 Å². The SMILES string of the molecule is CNC(=O)c1cccc(F)c1. The fourth-order valence-electron chi connectivity index (χ4n) is 0.774. The smallest absolute Gasteiger partial charge is 0.251 e. The van der Waals surface area contributed by atoms with E-state index in [1.807, 2.05) is 0 Å². The van der Waals surface area contributed by atoms with Gasteiger partial charge in [0.25, 0.3) is 5.91 Å². The van der Waals surface area contributed by atoms with Crippen LogP contribution < -0.4 is 5.32 Å². The average molecular weight is 153 g/mol. The van der Waals surface area contributed by atoms with Crippen molar-refractivity contribution in [3.8, 4) is 0 Å². The number of nitrogens with one attached hydrogen (secondary N) is 1. The minimum absolute atomic E-state index is 0.274. The first-order valence-corrected chi connectivity index (χ1v) is 3.21. The molecule has 0 heterocycles. The van der Waals surface area contributed by atoms with Crippen LogP contribution in [0, 0.1) is 5.82 Å². The predicted molar refractivity (Wildman–Crippen MR) is 39.8 cm³/mol. The van der Waals surface area contributed by atoms with Gasteiger partial charge in [0.15, 0.2) is 0 Å². The van der Waals surface area contributed by atoms with Crippen LogP contribution in [0.1, 0.15) is 10.4 Å². The van der Waals surface area contributed by atoms with Gasteiger partial charge in [-0.25, -0.2) is 4.39 Å². The van der Waals surface area contributed by atoms with Gasteiger partial charge < -0.3 is 5.32 Å². The molecule has 1 aromatic carbocycles. The van der Waals surface area contributed by atoms with E-state index < -0.39 is 5.82 Å². The van der Waals surface area contributed by atoms with E-state index in [1.54, 1.807) is 6.07 Å². The van der Waals surface area contributed by atoms with Crippen LogP contribution in [-0.4, -0.2) is 13.0 Å². The maximum Gasteiger partial charge on any atom is 0.251 e. The van der Waals surface area contributed by atoms with Gasteiger partial charge in [-0.3, -0.25) is 4.79 Å². The molecule has 1 rings (SSSR count). The molecule has 0 radical (unpaired) electrons. The molecule has 0 aliphatic rings. The Balaban J connectivity index is 2.96. The second-order valence-corrected chi connectivity index (χ2v) is 2.09. The van der Waals surface area contributed by atoms with Gasteiger partial charge in [-0.15, -0.1) is 0 Å². The molecule has 0 aliphatic carbocycles. The molecule has 0 atom stereocenters. The standard InChI is InChI=1S/C8H8FNO/c1-10-8(11)6-3-2-4-7(9)5-6/h2-5H,1H3,(H,10,11). The van der Waals surface area contributed by atoms with Crippen LogP contribution in [0.15, 0.2) is 24.3 Å². The van der Waals surface area contributed by atoms with E-state index in [-0.39, 0.29) is 5.91 Å². The zero-order chi connectivity index (χ0) is 8.27. The van der Waals surface area contributed by atoms with E-state index in [0.717, 1.165) is 0 Å². The van der Waals surface area contributed by atoms with Crippen LogP contribution in [0.25, 0.3) is 0 Å². The molecular weight excluding hydrogens is 145 g/mol. The third-order valence-electron chi connectivity index (χ3n) is 1.31. The van der Waals surface area contributed by atoms with E-state index in [4.69, 9.17) is 0 Å². The number of carbonyl (C=O) groups excluding carboxylic acids is 1. The van der Waals surface area contributed by atoms with E-state index in [9.17, 15) is 9.18 Å². The van der Waals surface area contributed by atoms with Gasteiger partial charge in [0.05, 0.1) is 0 Å². The highest BCUT2D eigenvalue weighted by molar-refractivity contribution is 5.93. The Morgan fingerprint density at radius 1 is 1.55 bits per heavy atom. The Morgan fingerprint density at radius 2 is 2.27 bits per heavy atom. The highest BCUT2D eigenvalue weighted by Crippen LogP contribution is 2.02. The largest absolute Gasteiger partial charge is 0.355 e. The molecule has 0 aromatic heterocycles. The molecule has 0 unspecified atom stereocenters. The fourth-order valence-corrected chi connectivity index (χ4v) is 0.774. The average Bonchev–Trinajstić information content (AvgIpc) is 2.03. The lowest BCUT2D eigenvalue weighted by molar-refractivity contribution is 0.0962. The van der Waals surface area contributed by atoms with Crippen molar-refractivity contribution in [1.82, 2.24) is 5.32 Å². The molecule has 1 amide bonds. The summed E-state index contributed by atoms with van der Waals surface area (Å²) in [6.45, 7) is 0. The molecule has 0 spiro atoms. The summed E-state index contributed by atoms with van der Waals surface area (Å²) in [5.74, 6) is -0.671. The van der Waals surface area contributed by atoms with Crippen molar-refractivity contribution in [3.63, 3.8) is 0 Å². The normalized spacial score (nSPS) is 9.27. The first kappa shape index (κ1) is 7.72. The van der Waals surface area contributed by atoms with Crippen LogP contribution in [0.2, 0.25) is 0 Å². The van der Waals surface area contributed by atoms with Crippen LogP contribution >= 0.6 is 0 Å². The third kappa shape index (κ3) is 1.77. The molecule has 0 aliphatic heterocycles. The third-order valence-corrected chi connectivity index (χ3v) is 1.31. The first-order valence-electron chi connectivity index (χ1n) is 3.21. The van der Waals surface area contributed by atoms with Crippen LogP contribution in [0.4, 0.5) is 4.39 Å². The van der Waals surface area contributed by atoms with Crippen LogP contribution in [-0.2, 0) is 0 Å². The monoisotopic (exact) mass is 153 g/mol. The number of carbonyl (C=O) groups is 1. The topological polar surface area (TPSA) is 29.1 Å². The zero-order valence-corrected chi connectivity index (χ0v) is 6.10. The summed E-state index contributed by atoms with van der Waals surface area (Å²) in [4.78, 5) is 10.9. The van der Waals surface area contributed by atoms with Gasteiger partial charge in [-0.05, 0) is 18.2 Å². The van der Waals surface area contributed by atoms with E-state index in [0.29, 0.717) is 5.56 Å². The minimum Gasteiger partial charge on any atom is -0.355 e. The minimum atomic E-state index is -0.397. The van der Waals surface area contributed by atoms with Crippen molar-refractivity contribution in [1.29, 1.82) is 0 Å². The number of hydrogen-bond acceptors (Lipinski definition) is 1. The lowest BCUT2D eigenvalue weighted by atomic mass is 10.2. The van der Waals surface area contributed by atoms with E-state index in [1.165, 1.54) is 25.2 Å². The summed E-state index contributed by atoms with van der Waals surface area (Å²) in [5.41, 5.74) is 0.340. The Bertz CT molecular complexity index is 273. The van der Waals surface area contributed by atoms with Gasteiger partial charge in [0.1, 0.15) is 5.82 Å². The second-order valence-electron chi connectivity index (χ2n) is 2.09. The van der Waals surface area contributed by atoms with Crippen molar-refractivity contribution in [2.45, 2.75) is 0 Å². The molecule has 11 heavy (non-hydrogen) atoms. The van der Waals surface area contributed by atoms with Crippen molar-refractivity contribution in [3.05, 3.63) is 35.6 Å². The van der Waals surface area contributed by atoms with Crippen LogP contribution in [0.3, 0.4) is 0 Å². The maximum atomic E-state index is 12.5. The molecule has 0 saturated heterocycles. The molecule has 2 nitrogen and oxygen atoms in total. The van der Waals surface area contributed by atoms with E-state index in [2.05, 4.69) is 5.32 Å².